The normalized spacial score (nSPS) is 21.6. The van der Waals surface area contributed by atoms with E-state index in [-0.39, 0.29) is 37.6 Å². The maximum absolute atomic E-state index is 17.0. The highest BCUT2D eigenvalue weighted by Gasteiger charge is 2.76. The lowest BCUT2D eigenvalue weighted by molar-refractivity contribution is -0.179. The second-order valence-electron chi connectivity index (χ2n) is 19.9. The standard InChI is InChI=1S/C62H60N4O12/c1-37(2)52(58(69)76-6)63-61(72)65-48-28-21-39(18-17-38-19-24-45(73-3)25-20-38)33-47(48)62(60(65)71)51(57(68)64-30-29-43-34-49(74-4)50(75-5)35-44(43)36-64)54-59(70)78-55(41-15-11-8-12-16-41)53(40-13-9-7-10-14-40)66(54)56(62)42-22-26-46(27-23-42)77-32-31-67/h7-16,19-28,33-35,37,51-56,67H,29-32,36H2,1-6H3,(H,63,72)/t51-,52+,53-,54-,55+,56+,62-/m1/s1. The molecule has 4 heterocycles. The van der Waals surface area contributed by atoms with Crippen LogP contribution in [-0.2, 0) is 47.0 Å². The number of hydrogen-bond acceptors (Lipinski definition) is 13. The Labute approximate surface area is 452 Å². The highest BCUT2D eigenvalue weighted by molar-refractivity contribution is 6.25. The molecule has 10 rings (SSSR count). The van der Waals surface area contributed by atoms with Crippen LogP contribution in [0.25, 0.3) is 0 Å². The van der Waals surface area contributed by atoms with E-state index in [9.17, 15) is 9.90 Å². The zero-order valence-electron chi connectivity index (χ0n) is 44.1. The van der Waals surface area contributed by atoms with E-state index in [1.54, 1.807) is 87.6 Å². The molecule has 16 nitrogen and oxygen atoms in total. The quantitative estimate of drug-likeness (QED) is 0.0851. The van der Waals surface area contributed by atoms with E-state index < -0.39 is 77.3 Å². The van der Waals surface area contributed by atoms with E-state index >= 15 is 19.2 Å². The number of anilines is 1. The first kappa shape index (κ1) is 52.8. The average Bonchev–Trinajstić information content (AvgIpc) is 2.38. The molecule has 1 spiro atoms. The minimum atomic E-state index is -2.13. The number of ether oxygens (including phenoxy) is 6. The number of fused-ring (bicyclic) bond motifs is 4. The van der Waals surface area contributed by atoms with Crippen LogP contribution in [0.1, 0.15) is 76.5 Å². The summed E-state index contributed by atoms with van der Waals surface area (Å²) in [5.74, 6) is 3.67. The van der Waals surface area contributed by atoms with E-state index in [0.717, 1.165) is 21.6 Å². The molecule has 2 fully saturated rings. The van der Waals surface area contributed by atoms with Crippen LogP contribution in [-0.4, -0.2) is 105 Å². The summed E-state index contributed by atoms with van der Waals surface area (Å²) in [4.78, 5) is 82.9. The third-order valence-corrected chi connectivity index (χ3v) is 15.4. The van der Waals surface area contributed by atoms with Crippen molar-refractivity contribution in [2.75, 3.05) is 53.1 Å². The second kappa shape index (κ2) is 22.1. The lowest BCUT2D eigenvalue weighted by Crippen LogP contribution is -2.58. The van der Waals surface area contributed by atoms with Gasteiger partial charge in [0.25, 0.3) is 0 Å². The van der Waals surface area contributed by atoms with Crippen LogP contribution in [0.3, 0.4) is 0 Å². The third kappa shape index (κ3) is 9.32. The summed E-state index contributed by atoms with van der Waals surface area (Å²) in [5, 5.41) is 12.5. The van der Waals surface area contributed by atoms with Gasteiger partial charge in [-0.1, -0.05) is 98.5 Å². The number of hydrogen-bond donors (Lipinski definition) is 2. The van der Waals surface area contributed by atoms with Crippen LogP contribution in [0.5, 0.6) is 23.0 Å². The predicted molar refractivity (Wildman–Crippen MR) is 288 cm³/mol. The number of amides is 4. The molecule has 0 unspecified atom stereocenters. The van der Waals surface area contributed by atoms with Crippen LogP contribution in [0, 0.1) is 23.7 Å². The van der Waals surface area contributed by atoms with Gasteiger partial charge in [0.05, 0.1) is 58.7 Å². The summed E-state index contributed by atoms with van der Waals surface area (Å²) in [5.41, 5.74) is 2.95. The molecule has 0 aromatic heterocycles. The second-order valence-corrected chi connectivity index (χ2v) is 19.9. The number of esters is 2. The van der Waals surface area contributed by atoms with Crippen molar-refractivity contribution in [2.24, 2.45) is 11.8 Å². The fraction of sp³-hybridized carbons (Fsp3) is 0.306. The van der Waals surface area contributed by atoms with Gasteiger partial charge in [-0.25, -0.2) is 14.5 Å². The number of morpholine rings is 1. The SMILES string of the molecule is COC(=O)[C@@H](NC(=O)N1C(=O)[C@@]2(c3cc(C#Cc4ccc(OC)cc4)ccc31)[C@H](c1ccc(OCCO)cc1)N1[C@H](c3ccccc3)[C@H](c3ccccc3)OC(=O)[C@H]1[C@@H]2C(=O)N1CCc2cc(OC)c(OC)cc2C1)C(C)C. The molecule has 6 aromatic carbocycles. The van der Waals surface area contributed by atoms with E-state index in [1.807, 2.05) is 89.8 Å². The minimum Gasteiger partial charge on any atom is -0.497 e. The number of carbonyl (C=O) groups excluding carboxylic acids is 5. The minimum absolute atomic E-state index is 0.00893. The van der Waals surface area contributed by atoms with Crippen LogP contribution < -0.4 is 29.2 Å². The number of urea groups is 1. The number of nitrogens with zero attached hydrogens (tertiary/aromatic N) is 3. The maximum Gasteiger partial charge on any atom is 0.329 e. The van der Waals surface area contributed by atoms with Crippen molar-refractivity contribution in [3.05, 3.63) is 184 Å². The fourth-order valence-corrected chi connectivity index (χ4v) is 11.8. The van der Waals surface area contributed by atoms with Crippen molar-refractivity contribution in [3.8, 4) is 34.8 Å². The summed E-state index contributed by atoms with van der Waals surface area (Å²) in [6.07, 6.45) is -0.568. The van der Waals surface area contributed by atoms with Gasteiger partial charge >= 0.3 is 18.0 Å². The van der Waals surface area contributed by atoms with Crippen molar-refractivity contribution < 1.29 is 57.5 Å². The van der Waals surface area contributed by atoms with Gasteiger partial charge in [-0.15, -0.1) is 0 Å². The Hall–Kier alpha value is -8.65. The van der Waals surface area contributed by atoms with Crippen LogP contribution in [0.2, 0.25) is 0 Å². The molecular formula is C62H60N4O12. The molecule has 0 saturated carbocycles. The molecule has 4 aliphatic heterocycles. The molecule has 16 heteroatoms. The molecule has 2 N–H and O–H groups in total. The van der Waals surface area contributed by atoms with Gasteiger partial charge in [0.1, 0.15) is 41.7 Å². The molecule has 4 amide bonds. The maximum atomic E-state index is 17.0. The van der Waals surface area contributed by atoms with Crippen molar-refractivity contribution in [3.63, 3.8) is 0 Å². The van der Waals surface area contributed by atoms with Gasteiger partial charge in [0, 0.05) is 24.2 Å². The van der Waals surface area contributed by atoms with Crippen molar-refractivity contribution in [1.29, 1.82) is 0 Å². The van der Waals surface area contributed by atoms with Gasteiger partial charge in [-0.2, -0.15) is 0 Å². The van der Waals surface area contributed by atoms with Gasteiger partial charge < -0.3 is 43.7 Å². The van der Waals surface area contributed by atoms with E-state index in [0.29, 0.717) is 51.7 Å². The average molecular weight is 1050 g/mol. The summed E-state index contributed by atoms with van der Waals surface area (Å²) in [6, 6.07) is 36.2. The van der Waals surface area contributed by atoms with Gasteiger partial charge in [0.15, 0.2) is 11.5 Å². The number of aliphatic hydroxyl groups is 1. The Morgan fingerprint density at radius 3 is 1.99 bits per heavy atom. The zero-order chi connectivity index (χ0) is 54.8. The summed E-state index contributed by atoms with van der Waals surface area (Å²) in [6.45, 7) is 3.52. The Bertz CT molecular complexity index is 3310. The fourth-order valence-electron chi connectivity index (χ4n) is 11.8. The van der Waals surface area contributed by atoms with Crippen LogP contribution in [0.15, 0.2) is 140 Å². The number of benzene rings is 6. The first-order valence-electron chi connectivity index (χ1n) is 25.8. The molecular weight excluding hydrogens is 993 g/mol. The Morgan fingerprint density at radius 1 is 0.731 bits per heavy atom. The third-order valence-electron chi connectivity index (χ3n) is 15.4. The Balaban J connectivity index is 1.27. The van der Waals surface area contributed by atoms with Crippen molar-refractivity contribution in [2.45, 2.75) is 62.5 Å². The molecule has 0 bridgehead atoms. The largest absolute Gasteiger partial charge is 0.497 e. The van der Waals surface area contributed by atoms with E-state index in [2.05, 4.69) is 17.2 Å². The lowest BCUT2D eigenvalue weighted by atomic mass is 9.64. The first-order valence-corrected chi connectivity index (χ1v) is 25.8. The molecule has 78 heavy (non-hydrogen) atoms. The lowest BCUT2D eigenvalue weighted by Gasteiger charge is -2.46. The van der Waals surface area contributed by atoms with Crippen LogP contribution >= 0.6 is 0 Å². The summed E-state index contributed by atoms with van der Waals surface area (Å²) >= 11 is 0. The monoisotopic (exact) mass is 1050 g/mol. The molecule has 0 aliphatic carbocycles. The van der Waals surface area contributed by atoms with Crippen LogP contribution in [0.4, 0.5) is 10.5 Å². The number of cyclic esters (lactones) is 1. The van der Waals surface area contributed by atoms with Crippen molar-refractivity contribution >= 4 is 35.5 Å². The first-order chi connectivity index (χ1) is 37.9. The predicted octanol–water partition coefficient (Wildman–Crippen LogP) is 7.64. The Kier molecular flexibility index (Phi) is 15.0. The molecule has 4 aliphatic rings. The smallest absolute Gasteiger partial charge is 0.329 e. The zero-order valence-corrected chi connectivity index (χ0v) is 44.1. The number of aliphatic hydroxyl groups excluding tert-OH is 1. The number of methoxy groups -OCH3 is 4. The molecule has 7 atom stereocenters. The van der Waals surface area contributed by atoms with Crippen molar-refractivity contribution in [1.82, 2.24) is 15.1 Å². The number of imide groups is 1. The molecule has 6 aromatic rings. The number of rotatable bonds is 13. The summed E-state index contributed by atoms with van der Waals surface area (Å²) < 4.78 is 34.5. The number of nitrogens with one attached hydrogen (secondary N) is 1. The van der Waals surface area contributed by atoms with Gasteiger partial charge in [0.2, 0.25) is 11.8 Å². The van der Waals surface area contributed by atoms with Gasteiger partial charge in [-0.3, -0.25) is 19.3 Å². The van der Waals surface area contributed by atoms with E-state index in [1.165, 1.54) is 14.2 Å². The number of carbonyl (C=O) groups is 5. The highest BCUT2D eigenvalue weighted by Crippen LogP contribution is 2.66. The molecule has 400 valence electrons. The summed E-state index contributed by atoms with van der Waals surface area (Å²) in [7, 11) is 5.89. The topological polar surface area (TPSA) is 183 Å². The van der Waals surface area contributed by atoms with Gasteiger partial charge in [-0.05, 0) is 112 Å². The van der Waals surface area contributed by atoms with E-state index in [4.69, 9.17) is 28.4 Å². The molecule has 0 radical (unpaired) electrons. The highest BCUT2D eigenvalue weighted by atomic mass is 16.6. The molecule has 2 saturated heterocycles. The Morgan fingerprint density at radius 2 is 1.36 bits per heavy atom.